The van der Waals surface area contributed by atoms with Gasteiger partial charge in [-0.15, -0.1) is 0 Å². The van der Waals surface area contributed by atoms with Crippen LogP contribution >= 0.6 is 0 Å². The topological polar surface area (TPSA) is 276 Å². The van der Waals surface area contributed by atoms with Crippen molar-refractivity contribution < 1.29 is 63.1 Å². The summed E-state index contributed by atoms with van der Waals surface area (Å²) in [5.41, 5.74) is 0. The molecule has 0 spiro atoms. The van der Waals surface area contributed by atoms with Crippen LogP contribution in [0.5, 0.6) is 0 Å². The molecule has 0 heterocycles. The van der Waals surface area contributed by atoms with Gasteiger partial charge in [-0.2, -0.15) is 0 Å². The van der Waals surface area contributed by atoms with Crippen LogP contribution < -0.4 is 26.6 Å². The third kappa shape index (κ3) is 44.4. The minimum Gasteiger partial charge on any atom is -0.480 e. The van der Waals surface area contributed by atoms with E-state index in [1.807, 2.05) is 0 Å². The van der Waals surface area contributed by atoms with Crippen LogP contribution in [0, 0.1) is 0 Å². The van der Waals surface area contributed by atoms with Gasteiger partial charge in [-0.25, -0.2) is 14.4 Å². The number of ether oxygens (including phenoxy) is 2. The highest BCUT2D eigenvalue weighted by molar-refractivity contribution is 5.88. The number of carbonyl (C=O) groups excluding carboxylic acids is 5. The molecular formula is C54H99N5O13. The summed E-state index contributed by atoms with van der Waals surface area (Å²) in [6.07, 6.45) is 31.1. The average molecular weight is 1030 g/mol. The van der Waals surface area contributed by atoms with Gasteiger partial charge < -0.3 is 51.4 Å². The number of aliphatic carboxylic acids is 3. The highest BCUT2D eigenvalue weighted by atomic mass is 16.5. The third-order valence-corrected chi connectivity index (χ3v) is 12.6. The fourth-order valence-electron chi connectivity index (χ4n) is 8.28. The van der Waals surface area contributed by atoms with Crippen molar-refractivity contribution in [2.75, 3.05) is 39.5 Å². The van der Waals surface area contributed by atoms with E-state index >= 15 is 0 Å². The van der Waals surface area contributed by atoms with Gasteiger partial charge in [0.25, 0.3) is 0 Å². The van der Waals surface area contributed by atoms with Crippen molar-refractivity contribution in [2.24, 2.45) is 0 Å². The van der Waals surface area contributed by atoms with Crippen molar-refractivity contribution in [1.29, 1.82) is 0 Å². The largest absolute Gasteiger partial charge is 0.480 e. The van der Waals surface area contributed by atoms with Gasteiger partial charge in [-0.05, 0) is 44.9 Å². The number of hydrogen-bond acceptors (Lipinski definition) is 10. The maximum atomic E-state index is 13.2. The summed E-state index contributed by atoms with van der Waals surface area (Å²) in [6, 6.07) is -3.49. The fourth-order valence-corrected chi connectivity index (χ4v) is 8.28. The molecule has 18 nitrogen and oxygen atoms in total. The molecule has 0 aliphatic heterocycles. The van der Waals surface area contributed by atoms with Crippen molar-refractivity contribution in [2.45, 2.75) is 257 Å². The van der Waals surface area contributed by atoms with E-state index < -0.39 is 66.3 Å². The van der Waals surface area contributed by atoms with Gasteiger partial charge in [0, 0.05) is 38.8 Å². The maximum absolute atomic E-state index is 13.2. The first-order valence-electron chi connectivity index (χ1n) is 28.1. The van der Waals surface area contributed by atoms with Crippen molar-refractivity contribution in [3.05, 3.63) is 0 Å². The van der Waals surface area contributed by atoms with E-state index in [2.05, 4.69) is 40.4 Å². The molecule has 0 aromatic rings. The van der Waals surface area contributed by atoms with E-state index in [0.717, 1.165) is 38.5 Å². The predicted molar refractivity (Wildman–Crippen MR) is 279 cm³/mol. The molecule has 0 saturated carbocycles. The van der Waals surface area contributed by atoms with Crippen LogP contribution in [-0.2, 0) is 47.8 Å². The van der Waals surface area contributed by atoms with E-state index in [-0.39, 0.29) is 83.8 Å². The first-order chi connectivity index (χ1) is 34.8. The Kier molecular flexibility index (Phi) is 46.0. The zero-order chi connectivity index (χ0) is 53.3. The molecule has 418 valence electrons. The van der Waals surface area contributed by atoms with Crippen molar-refractivity contribution in [3.63, 3.8) is 0 Å². The Morgan fingerprint density at radius 3 is 1.15 bits per heavy atom. The Balaban J connectivity index is 4.78. The molecule has 5 amide bonds. The molecule has 72 heavy (non-hydrogen) atoms. The van der Waals surface area contributed by atoms with Gasteiger partial charge >= 0.3 is 17.9 Å². The van der Waals surface area contributed by atoms with Crippen molar-refractivity contribution in [1.82, 2.24) is 26.6 Å². The van der Waals surface area contributed by atoms with Gasteiger partial charge in [0.2, 0.25) is 29.5 Å². The predicted octanol–water partition coefficient (Wildman–Crippen LogP) is 8.65. The number of carboxylic acids is 3. The summed E-state index contributed by atoms with van der Waals surface area (Å²) in [6.45, 7) is 4.49. The highest BCUT2D eigenvalue weighted by Gasteiger charge is 2.25. The number of rotatable bonds is 53. The van der Waals surface area contributed by atoms with E-state index in [4.69, 9.17) is 14.6 Å². The molecule has 0 bridgehead atoms. The standard InChI is InChI=1S/C54H99N5O13/c1-3-5-7-9-11-13-15-17-19-21-23-25-27-32-48(61)58-45(53(67)68)34-36-47(60)55-38-30-29-31-44(52(66)56-39-40-71-41-42-72-43-51(64)65)57-50(63)37-35-46(54(69)70)59-49(62)33-28-26-24-22-20-18-16-14-12-10-8-6-4-2/h44-46H,3-43H2,1-2H3,(H,55,60)(H,56,66)(H,57,63)(H,58,61)(H,59,62)(H,64,65)(H,67,68)(H,69,70)/t44-,45-,46-/m0/s1. The molecule has 0 radical (unpaired) electrons. The molecule has 0 aliphatic carbocycles. The Labute approximate surface area is 432 Å². The number of carboxylic acid groups (broad SMARTS) is 3. The summed E-state index contributed by atoms with van der Waals surface area (Å²) < 4.78 is 10.3. The molecule has 18 heteroatoms. The van der Waals surface area contributed by atoms with Crippen LogP contribution in [0.1, 0.15) is 239 Å². The molecule has 0 fully saturated rings. The monoisotopic (exact) mass is 1030 g/mol. The molecule has 0 saturated heterocycles. The highest BCUT2D eigenvalue weighted by Crippen LogP contribution is 2.15. The summed E-state index contributed by atoms with van der Waals surface area (Å²) >= 11 is 0. The first-order valence-corrected chi connectivity index (χ1v) is 28.1. The smallest absolute Gasteiger partial charge is 0.329 e. The molecule has 0 rings (SSSR count). The Morgan fingerprint density at radius 1 is 0.361 bits per heavy atom. The molecular weight excluding hydrogens is 927 g/mol. The van der Waals surface area contributed by atoms with E-state index in [9.17, 15) is 48.6 Å². The van der Waals surface area contributed by atoms with Gasteiger partial charge in [0.1, 0.15) is 24.7 Å². The van der Waals surface area contributed by atoms with E-state index in [0.29, 0.717) is 25.7 Å². The lowest BCUT2D eigenvalue weighted by Gasteiger charge is -2.20. The lowest BCUT2D eigenvalue weighted by atomic mass is 10.0. The van der Waals surface area contributed by atoms with E-state index in [1.165, 1.54) is 116 Å². The molecule has 0 aliphatic rings. The second-order valence-electron chi connectivity index (χ2n) is 19.3. The minimum atomic E-state index is -1.28. The number of hydrogen-bond donors (Lipinski definition) is 8. The lowest BCUT2D eigenvalue weighted by Crippen LogP contribution is -2.48. The van der Waals surface area contributed by atoms with Crippen LogP contribution in [0.15, 0.2) is 0 Å². The first kappa shape index (κ1) is 67.7. The average Bonchev–Trinajstić information content (AvgIpc) is 3.34. The van der Waals surface area contributed by atoms with Gasteiger partial charge in [-0.3, -0.25) is 24.0 Å². The second-order valence-corrected chi connectivity index (χ2v) is 19.3. The molecule has 8 N–H and O–H groups in total. The van der Waals surface area contributed by atoms with Gasteiger partial charge in [0.05, 0.1) is 19.8 Å². The van der Waals surface area contributed by atoms with E-state index in [1.54, 1.807) is 0 Å². The normalized spacial score (nSPS) is 12.4. The Hall–Kier alpha value is -4.32. The maximum Gasteiger partial charge on any atom is 0.329 e. The summed E-state index contributed by atoms with van der Waals surface area (Å²) in [5.74, 6) is -5.84. The van der Waals surface area contributed by atoms with Crippen LogP contribution in [0.2, 0.25) is 0 Å². The van der Waals surface area contributed by atoms with Crippen LogP contribution in [0.25, 0.3) is 0 Å². The van der Waals surface area contributed by atoms with Gasteiger partial charge in [-0.1, -0.05) is 168 Å². The molecule has 0 aromatic carbocycles. The van der Waals surface area contributed by atoms with Crippen LogP contribution in [0.3, 0.4) is 0 Å². The minimum absolute atomic E-state index is 0.0446. The summed E-state index contributed by atoms with van der Waals surface area (Å²) in [5, 5.41) is 41.3. The zero-order valence-corrected chi connectivity index (χ0v) is 44.6. The number of unbranched alkanes of at least 4 members (excludes halogenated alkanes) is 25. The lowest BCUT2D eigenvalue weighted by molar-refractivity contribution is -0.143. The van der Waals surface area contributed by atoms with Gasteiger partial charge in [0.15, 0.2) is 0 Å². The molecule has 0 aromatic heterocycles. The Bertz CT molecular complexity index is 1450. The Morgan fingerprint density at radius 2 is 0.736 bits per heavy atom. The SMILES string of the molecule is CCCCCCCCCCCCCCCC(=O)N[C@@H](CCC(=O)NCCCC[C@H](NC(=O)CC[C@H](NC(=O)CCCCCCCCCCCCCCC)C(=O)O)C(=O)NCCOCCOCC(=O)O)C(=O)O. The number of nitrogens with one attached hydrogen (secondary N) is 5. The second kappa shape index (κ2) is 48.9. The van der Waals surface area contributed by atoms with Crippen LogP contribution in [-0.4, -0.2) is 120 Å². The fraction of sp³-hybridized carbons (Fsp3) is 0.852. The molecule has 0 unspecified atom stereocenters. The molecule has 3 atom stereocenters. The quantitative estimate of drug-likeness (QED) is 0.0265. The van der Waals surface area contributed by atoms with Crippen molar-refractivity contribution >= 4 is 47.4 Å². The summed E-state index contributed by atoms with van der Waals surface area (Å²) in [4.78, 5) is 98.5. The zero-order valence-electron chi connectivity index (χ0n) is 44.6. The number of carbonyl (C=O) groups is 8. The third-order valence-electron chi connectivity index (χ3n) is 12.6. The van der Waals surface area contributed by atoms with Crippen LogP contribution in [0.4, 0.5) is 0 Å². The van der Waals surface area contributed by atoms with Crippen molar-refractivity contribution in [3.8, 4) is 0 Å². The summed E-state index contributed by atoms with van der Waals surface area (Å²) in [7, 11) is 0. The number of amides is 5.